The summed E-state index contributed by atoms with van der Waals surface area (Å²) in [5.41, 5.74) is 1.97. The molecule has 0 radical (unpaired) electrons. The molecule has 6 heteroatoms. The van der Waals surface area contributed by atoms with Crippen LogP contribution in [0.25, 0.3) is 10.9 Å². The number of fused-ring (bicyclic) bond motifs is 1. The van der Waals surface area contributed by atoms with E-state index in [-0.39, 0.29) is 11.0 Å². The van der Waals surface area contributed by atoms with Crippen LogP contribution in [-0.4, -0.2) is 43.3 Å². The number of ether oxygens (including phenoxy) is 1. The highest BCUT2D eigenvalue weighted by Crippen LogP contribution is 2.37. The summed E-state index contributed by atoms with van der Waals surface area (Å²) in [7, 11) is 0. The molecule has 4 rings (SSSR count). The third kappa shape index (κ3) is 3.21. The molecule has 2 aromatic rings. The van der Waals surface area contributed by atoms with Crippen LogP contribution in [0.2, 0.25) is 0 Å². The molecule has 6 nitrogen and oxygen atoms in total. The van der Waals surface area contributed by atoms with Crippen LogP contribution in [0.5, 0.6) is 0 Å². The highest BCUT2D eigenvalue weighted by atomic mass is 16.5. The van der Waals surface area contributed by atoms with Gasteiger partial charge in [-0.15, -0.1) is 0 Å². The van der Waals surface area contributed by atoms with Crippen molar-refractivity contribution in [3.63, 3.8) is 0 Å². The molecule has 1 aliphatic heterocycles. The minimum absolute atomic E-state index is 0.146. The average Bonchev–Trinajstić information content (AvgIpc) is 3.52. The van der Waals surface area contributed by atoms with Crippen molar-refractivity contribution in [3.05, 3.63) is 40.2 Å². The summed E-state index contributed by atoms with van der Waals surface area (Å²) in [5.74, 6) is -0.515. The smallest absolute Gasteiger partial charge is 0.343 e. The number of carbonyl (C=O) groups is 1. The molecule has 1 aromatic carbocycles. The first-order valence-electron chi connectivity index (χ1n) is 9.50. The number of carbonyl (C=O) groups excluding carboxylic acids is 1. The van der Waals surface area contributed by atoms with E-state index in [0.29, 0.717) is 18.0 Å². The predicted octanol–water partition coefficient (Wildman–Crippen LogP) is 2.31. The van der Waals surface area contributed by atoms with Crippen molar-refractivity contribution in [2.24, 2.45) is 0 Å². The summed E-state index contributed by atoms with van der Waals surface area (Å²) in [6, 6.07) is 6.33. The Labute approximate surface area is 152 Å². The molecule has 26 heavy (non-hydrogen) atoms. The summed E-state index contributed by atoms with van der Waals surface area (Å²) >= 11 is 0. The molecule has 1 saturated heterocycles. The normalized spacial score (nSPS) is 17.5. The molecule has 2 aliphatic rings. The van der Waals surface area contributed by atoms with Crippen LogP contribution < -0.4 is 15.6 Å². The number of nitrogens with one attached hydrogen (secondary N) is 1. The van der Waals surface area contributed by atoms with Crippen LogP contribution in [-0.2, 0) is 4.74 Å². The summed E-state index contributed by atoms with van der Waals surface area (Å²) in [4.78, 5) is 27.5. The van der Waals surface area contributed by atoms with Crippen LogP contribution in [0, 0.1) is 0 Å². The number of hydrogen-bond donors (Lipinski definition) is 1. The standard InChI is InChI=1S/C20H25N3O3/c1-2-11-26-20(25)17-13-23(14-3-4-14)18-12-15(5-6-16(18)19(17)24)22-9-7-21-8-10-22/h5-6,12-14,21H,2-4,7-11H2,1H3. The Hall–Kier alpha value is -2.34. The van der Waals surface area contributed by atoms with E-state index in [1.54, 1.807) is 6.20 Å². The highest BCUT2D eigenvalue weighted by molar-refractivity contribution is 5.94. The van der Waals surface area contributed by atoms with Gasteiger partial charge in [0.2, 0.25) is 5.43 Å². The summed E-state index contributed by atoms with van der Waals surface area (Å²) < 4.78 is 7.32. The van der Waals surface area contributed by atoms with Gasteiger partial charge >= 0.3 is 5.97 Å². The van der Waals surface area contributed by atoms with Crippen molar-refractivity contribution in [1.29, 1.82) is 0 Å². The minimum Gasteiger partial charge on any atom is -0.462 e. The third-order valence-electron chi connectivity index (χ3n) is 5.10. The fourth-order valence-electron chi connectivity index (χ4n) is 3.53. The average molecular weight is 355 g/mol. The highest BCUT2D eigenvalue weighted by Gasteiger charge is 2.27. The molecule has 2 fully saturated rings. The second kappa shape index (κ2) is 7.11. The van der Waals surface area contributed by atoms with Crippen molar-refractivity contribution in [2.45, 2.75) is 32.2 Å². The fourth-order valence-corrected chi connectivity index (χ4v) is 3.53. The van der Waals surface area contributed by atoms with Gasteiger partial charge in [0.25, 0.3) is 0 Å². The number of hydrogen-bond acceptors (Lipinski definition) is 5. The Morgan fingerprint density at radius 3 is 2.73 bits per heavy atom. The topological polar surface area (TPSA) is 63.6 Å². The number of benzene rings is 1. The number of nitrogens with zero attached hydrogens (tertiary/aromatic N) is 2. The van der Waals surface area contributed by atoms with Gasteiger partial charge in [0.05, 0.1) is 12.1 Å². The lowest BCUT2D eigenvalue weighted by molar-refractivity contribution is 0.0503. The number of rotatable bonds is 5. The van der Waals surface area contributed by atoms with Gasteiger partial charge in [-0.05, 0) is 37.5 Å². The van der Waals surface area contributed by atoms with Gasteiger partial charge in [-0.2, -0.15) is 0 Å². The second-order valence-electron chi connectivity index (χ2n) is 7.08. The van der Waals surface area contributed by atoms with E-state index in [1.807, 2.05) is 19.1 Å². The molecule has 1 aliphatic carbocycles. The third-order valence-corrected chi connectivity index (χ3v) is 5.10. The largest absolute Gasteiger partial charge is 0.462 e. The zero-order valence-corrected chi connectivity index (χ0v) is 15.2. The Morgan fingerprint density at radius 1 is 1.27 bits per heavy atom. The molecule has 0 unspecified atom stereocenters. The number of piperazine rings is 1. The minimum atomic E-state index is -0.515. The number of anilines is 1. The maximum atomic E-state index is 12.9. The van der Waals surface area contributed by atoms with Gasteiger partial charge in [-0.1, -0.05) is 6.92 Å². The van der Waals surface area contributed by atoms with E-state index in [9.17, 15) is 9.59 Å². The van der Waals surface area contributed by atoms with Crippen molar-refractivity contribution in [2.75, 3.05) is 37.7 Å². The zero-order chi connectivity index (χ0) is 18.1. The molecule has 0 amide bonds. The Morgan fingerprint density at radius 2 is 2.04 bits per heavy atom. The lowest BCUT2D eigenvalue weighted by atomic mass is 10.1. The second-order valence-corrected chi connectivity index (χ2v) is 7.08. The van der Waals surface area contributed by atoms with E-state index >= 15 is 0 Å². The molecule has 1 aromatic heterocycles. The van der Waals surface area contributed by atoms with Crippen LogP contribution >= 0.6 is 0 Å². The first kappa shape index (κ1) is 17.1. The van der Waals surface area contributed by atoms with Crippen LogP contribution in [0.3, 0.4) is 0 Å². The van der Waals surface area contributed by atoms with E-state index in [0.717, 1.165) is 56.6 Å². The maximum absolute atomic E-state index is 12.9. The lowest BCUT2D eigenvalue weighted by Gasteiger charge is -2.29. The first-order chi connectivity index (χ1) is 12.7. The van der Waals surface area contributed by atoms with Gasteiger partial charge < -0.3 is 19.5 Å². The van der Waals surface area contributed by atoms with Crippen molar-refractivity contribution in [3.8, 4) is 0 Å². The van der Waals surface area contributed by atoms with Crippen molar-refractivity contribution >= 4 is 22.6 Å². The van der Waals surface area contributed by atoms with E-state index in [1.165, 1.54) is 0 Å². The van der Waals surface area contributed by atoms with Crippen LogP contribution in [0.4, 0.5) is 5.69 Å². The SMILES string of the molecule is CCCOC(=O)c1cn(C2CC2)c2cc(N3CCNCC3)ccc2c1=O. The molecule has 0 bridgehead atoms. The zero-order valence-electron chi connectivity index (χ0n) is 15.2. The van der Waals surface area contributed by atoms with Crippen LogP contribution in [0.1, 0.15) is 42.6 Å². The van der Waals surface area contributed by atoms with E-state index in [4.69, 9.17) is 4.74 Å². The molecular formula is C20H25N3O3. The molecule has 0 spiro atoms. The summed E-state index contributed by atoms with van der Waals surface area (Å²) in [6.45, 7) is 6.13. The molecule has 138 valence electrons. The number of aromatic nitrogens is 1. The summed E-state index contributed by atoms with van der Waals surface area (Å²) in [6.07, 6.45) is 4.62. The monoisotopic (exact) mass is 355 g/mol. The van der Waals surface area contributed by atoms with E-state index < -0.39 is 5.97 Å². The van der Waals surface area contributed by atoms with Gasteiger partial charge in [0, 0.05) is 49.5 Å². The van der Waals surface area contributed by atoms with Gasteiger partial charge in [0.15, 0.2) is 0 Å². The lowest BCUT2D eigenvalue weighted by Crippen LogP contribution is -2.43. The molecule has 1 N–H and O–H groups in total. The number of esters is 1. The maximum Gasteiger partial charge on any atom is 0.343 e. The van der Waals surface area contributed by atoms with Crippen molar-refractivity contribution in [1.82, 2.24) is 9.88 Å². The fraction of sp³-hybridized carbons (Fsp3) is 0.500. The molecule has 1 saturated carbocycles. The Kier molecular flexibility index (Phi) is 4.68. The quantitative estimate of drug-likeness (QED) is 0.834. The Bertz CT molecular complexity index is 880. The molecule has 0 atom stereocenters. The van der Waals surface area contributed by atoms with E-state index in [2.05, 4.69) is 20.9 Å². The first-order valence-corrected chi connectivity index (χ1v) is 9.50. The molecular weight excluding hydrogens is 330 g/mol. The molecule has 2 heterocycles. The van der Waals surface area contributed by atoms with Crippen LogP contribution in [0.15, 0.2) is 29.2 Å². The Balaban J connectivity index is 1.79. The number of pyridine rings is 1. The summed E-state index contributed by atoms with van der Waals surface area (Å²) in [5, 5.41) is 3.96. The van der Waals surface area contributed by atoms with Gasteiger partial charge in [0.1, 0.15) is 5.56 Å². The van der Waals surface area contributed by atoms with Gasteiger partial charge in [-0.3, -0.25) is 4.79 Å². The van der Waals surface area contributed by atoms with Gasteiger partial charge in [-0.25, -0.2) is 4.79 Å². The predicted molar refractivity (Wildman–Crippen MR) is 102 cm³/mol. The van der Waals surface area contributed by atoms with Crippen molar-refractivity contribution < 1.29 is 9.53 Å².